The summed E-state index contributed by atoms with van der Waals surface area (Å²) in [6, 6.07) is 7.59. The number of thiazole rings is 1. The minimum Gasteiger partial charge on any atom is -0.496 e. The van der Waals surface area contributed by atoms with E-state index >= 15 is 0 Å². The van der Waals surface area contributed by atoms with Crippen molar-refractivity contribution in [2.24, 2.45) is 5.73 Å². The molecule has 0 aliphatic carbocycles. The van der Waals surface area contributed by atoms with E-state index < -0.39 is 0 Å². The number of methoxy groups -OCH3 is 1. The van der Waals surface area contributed by atoms with E-state index in [1.54, 1.807) is 7.11 Å². The number of anilines is 1. The van der Waals surface area contributed by atoms with Gasteiger partial charge < -0.3 is 15.8 Å². The van der Waals surface area contributed by atoms with E-state index in [4.69, 9.17) is 10.5 Å². The van der Waals surface area contributed by atoms with Gasteiger partial charge in [0.25, 0.3) is 0 Å². The van der Waals surface area contributed by atoms with Crippen molar-refractivity contribution < 1.29 is 9.53 Å². The van der Waals surface area contributed by atoms with Gasteiger partial charge in [-0.25, -0.2) is 4.98 Å². The van der Waals surface area contributed by atoms with Crippen molar-refractivity contribution in [1.82, 2.24) is 4.98 Å². The third-order valence-corrected chi connectivity index (χ3v) is 3.08. The smallest absolute Gasteiger partial charge is 0.239 e. The van der Waals surface area contributed by atoms with Crippen molar-refractivity contribution in [1.29, 1.82) is 0 Å². The number of hydrogen-bond acceptors (Lipinski definition) is 5. The van der Waals surface area contributed by atoms with E-state index in [0.29, 0.717) is 5.13 Å². The Morgan fingerprint density at radius 3 is 3.00 bits per heavy atom. The van der Waals surface area contributed by atoms with Crippen LogP contribution < -0.4 is 15.8 Å². The Balaban J connectivity index is 2.26. The summed E-state index contributed by atoms with van der Waals surface area (Å²) in [5.41, 5.74) is 6.89. The first kappa shape index (κ1) is 12.5. The molecule has 2 aromatic rings. The molecule has 0 aliphatic heterocycles. The predicted octanol–water partition coefficient (Wildman–Crippen LogP) is 1.72. The van der Waals surface area contributed by atoms with Crippen molar-refractivity contribution in [3.63, 3.8) is 0 Å². The Hall–Kier alpha value is -1.92. The Bertz CT molecular complexity index is 554. The molecule has 18 heavy (non-hydrogen) atoms. The Morgan fingerprint density at radius 1 is 1.50 bits per heavy atom. The number of carbonyl (C=O) groups excluding carboxylic acids is 1. The van der Waals surface area contributed by atoms with E-state index in [1.807, 2.05) is 29.6 Å². The minimum atomic E-state index is -0.254. The molecule has 0 saturated carbocycles. The van der Waals surface area contributed by atoms with Gasteiger partial charge in [-0.1, -0.05) is 12.1 Å². The number of hydrogen-bond donors (Lipinski definition) is 2. The average molecular weight is 263 g/mol. The van der Waals surface area contributed by atoms with Crippen LogP contribution in [0.3, 0.4) is 0 Å². The molecule has 1 aromatic heterocycles. The summed E-state index contributed by atoms with van der Waals surface area (Å²) in [5.74, 6) is 0.496. The van der Waals surface area contributed by atoms with Gasteiger partial charge in [-0.3, -0.25) is 4.79 Å². The highest BCUT2D eigenvalue weighted by Gasteiger charge is 2.10. The lowest BCUT2D eigenvalue weighted by molar-refractivity contribution is -0.114. The van der Waals surface area contributed by atoms with Crippen LogP contribution in [0.25, 0.3) is 11.3 Å². The number of aromatic nitrogens is 1. The van der Waals surface area contributed by atoms with E-state index in [9.17, 15) is 4.79 Å². The van der Waals surface area contributed by atoms with Gasteiger partial charge in [-0.2, -0.15) is 0 Å². The van der Waals surface area contributed by atoms with Crippen molar-refractivity contribution in [3.8, 4) is 17.0 Å². The number of ether oxygens (including phenoxy) is 1. The third-order valence-electron chi connectivity index (χ3n) is 2.32. The van der Waals surface area contributed by atoms with Crippen LogP contribution in [0.15, 0.2) is 29.6 Å². The number of nitrogens with zero attached hydrogens (tertiary/aromatic N) is 1. The number of nitrogens with two attached hydrogens (primary N) is 1. The molecule has 1 amide bonds. The van der Waals surface area contributed by atoms with E-state index in [0.717, 1.165) is 17.0 Å². The number of para-hydroxylation sites is 1. The molecule has 1 aromatic carbocycles. The lowest BCUT2D eigenvalue weighted by atomic mass is 10.1. The molecular weight excluding hydrogens is 250 g/mol. The lowest BCUT2D eigenvalue weighted by Crippen LogP contribution is -2.21. The SMILES string of the molecule is COc1ccccc1-c1csc(NC(=O)CN)n1. The second-order valence-electron chi connectivity index (χ2n) is 3.49. The van der Waals surface area contributed by atoms with Crippen LogP contribution in [0.1, 0.15) is 0 Å². The van der Waals surface area contributed by atoms with Crippen LogP contribution in [0.4, 0.5) is 5.13 Å². The van der Waals surface area contributed by atoms with Gasteiger partial charge in [-0.15, -0.1) is 11.3 Å². The zero-order chi connectivity index (χ0) is 13.0. The van der Waals surface area contributed by atoms with Crippen LogP contribution >= 0.6 is 11.3 Å². The Morgan fingerprint density at radius 2 is 2.28 bits per heavy atom. The predicted molar refractivity (Wildman–Crippen MR) is 71.8 cm³/mol. The molecule has 6 heteroatoms. The van der Waals surface area contributed by atoms with Crippen LogP contribution in [0.5, 0.6) is 5.75 Å². The fourth-order valence-corrected chi connectivity index (χ4v) is 2.21. The lowest BCUT2D eigenvalue weighted by Gasteiger charge is -2.04. The van der Waals surface area contributed by atoms with Gasteiger partial charge in [0.15, 0.2) is 5.13 Å². The minimum absolute atomic E-state index is 0.0520. The standard InChI is InChI=1S/C12H13N3O2S/c1-17-10-5-3-2-4-8(10)9-7-18-12(14-9)15-11(16)6-13/h2-5,7H,6,13H2,1H3,(H,14,15,16). The largest absolute Gasteiger partial charge is 0.496 e. The second kappa shape index (κ2) is 5.61. The highest BCUT2D eigenvalue weighted by atomic mass is 32.1. The van der Waals surface area contributed by atoms with Crippen LogP contribution in [-0.4, -0.2) is 24.5 Å². The molecule has 0 fully saturated rings. The van der Waals surface area contributed by atoms with Crippen molar-refractivity contribution in [2.45, 2.75) is 0 Å². The van der Waals surface area contributed by atoms with Gasteiger partial charge in [0.05, 0.1) is 19.3 Å². The van der Waals surface area contributed by atoms with Gasteiger partial charge in [0, 0.05) is 10.9 Å². The number of carbonyl (C=O) groups is 1. The van der Waals surface area contributed by atoms with Crippen LogP contribution in [-0.2, 0) is 4.79 Å². The molecule has 0 bridgehead atoms. The van der Waals surface area contributed by atoms with Gasteiger partial charge >= 0.3 is 0 Å². The summed E-state index contributed by atoms with van der Waals surface area (Å²) < 4.78 is 5.27. The fraction of sp³-hybridized carbons (Fsp3) is 0.167. The monoisotopic (exact) mass is 263 g/mol. The quantitative estimate of drug-likeness (QED) is 0.880. The molecule has 0 aliphatic rings. The molecule has 0 unspecified atom stereocenters. The Labute approximate surface area is 109 Å². The fourth-order valence-electron chi connectivity index (χ4n) is 1.48. The molecule has 2 rings (SSSR count). The molecule has 5 nitrogen and oxygen atoms in total. The first-order valence-corrected chi connectivity index (χ1v) is 6.21. The first-order valence-electron chi connectivity index (χ1n) is 5.33. The van der Waals surface area contributed by atoms with Gasteiger partial charge in [0.2, 0.25) is 5.91 Å². The molecule has 0 saturated heterocycles. The van der Waals surface area contributed by atoms with Crippen molar-refractivity contribution in [3.05, 3.63) is 29.6 Å². The maximum Gasteiger partial charge on any atom is 0.239 e. The van der Waals surface area contributed by atoms with Crippen molar-refractivity contribution in [2.75, 3.05) is 19.0 Å². The number of rotatable bonds is 4. The number of benzene rings is 1. The maximum absolute atomic E-state index is 11.2. The first-order chi connectivity index (χ1) is 8.74. The maximum atomic E-state index is 11.2. The summed E-state index contributed by atoms with van der Waals surface area (Å²) in [6.45, 7) is -0.0520. The third kappa shape index (κ3) is 2.66. The molecule has 3 N–H and O–H groups in total. The molecule has 0 spiro atoms. The zero-order valence-electron chi connectivity index (χ0n) is 9.84. The van der Waals surface area contributed by atoms with E-state index in [1.165, 1.54) is 11.3 Å². The number of amides is 1. The summed E-state index contributed by atoms with van der Waals surface area (Å²) in [6.07, 6.45) is 0. The zero-order valence-corrected chi connectivity index (χ0v) is 10.7. The summed E-state index contributed by atoms with van der Waals surface area (Å²) >= 11 is 1.35. The van der Waals surface area contributed by atoms with Crippen LogP contribution in [0.2, 0.25) is 0 Å². The normalized spacial score (nSPS) is 10.1. The highest BCUT2D eigenvalue weighted by Crippen LogP contribution is 2.31. The summed E-state index contributed by atoms with van der Waals surface area (Å²) in [7, 11) is 1.61. The second-order valence-corrected chi connectivity index (χ2v) is 4.35. The van der Waals surface area contributed by atoms with E-state index in [2.05, 4.69) is 10.3 Å². The Kier molecular flexibility index (Phi) is 3.91. The molecule has 0 radical (unpaired) electrons. The molecule has 0 atom stereocenters. The highest BCUT2D eigenvalue weighted by molar-refractivity contribution is 7.14. The summed E-state index contributed by atoms with van der Waals surface area (Å²) in [4.78, 5) is 15.5. The summed E-state index contributed by atoms with van der Waals surface area (Å²) in [5, 5.41) is 5.02. The van der Waals surface area contributed by atoms with Gasteiger partial charge in [0.1, 0.15) is 5.75 Å². The average Bonchev–Trinajstić information content (AvgIpc) is 2.86. The topological polar surface area (TPSA) is 77.2 Å². The van der Waals surface area contributed by atoms with Gasteiger partial charge in [-0.05, 0) is 12.1 Å². The van der Waals surface area contributed by atoms with Crippen LogP contribution in [0, 0.1) is 0 Å². The molecular formula is C12H13N3O2S. The van der Waals surface area contributed by atoms with Crippen molar-refractivity contribution >= 4 is 22.4 Å². The number of nitrogens with one attached hydrogen (secondary N) is 1. The van der Waals surface area contributed by atoms with E-state index in [-0.39, 0.29) is 12.5 Å². The molecule has 1 heterocycles. The molecule has 94 valence electrons.